The van der Waals surface area contributed by atoms with Crippen molar-refractivity contribution in [3.05, 3.63) is 29.8 Å². The summed E-state index contributed by atoms with van der Waals surface area (Å²) in [5, 5.41) is 9.45. The van der Waals surface area contributed by atoms with Gasteiger partial charge in [-0.2, -0.15) is 0 Å². The van der Waals surface area contributed by atoms with E-state index in [9.17, 15) is 18.7 Å². The minimum absolute atomic E-state index is 0.0612. The number of benzene rings is 1. The number of hydrogen-bond acceptors (Lipinski definition) is 2. The van der Waals surface area contributed by atoms with Crippen molar-refractivity contribution in [3.63, 3.8) is 0 Å². The number of nitrogens with zero attached hydrogens (tertiary/aromatic N) is 1. The van der Waals surface area contributed by atoms with Crippen molar-refractivity contribution in [2.24, 2.45) is 5.41 Å². The zero-order valence-electron chi connectivity index (χ0n) is 13.0. The van der Waals surface area contributed by atoms with Crippen LogP contribution in [0.4, 0.5) is 13.6 Å². The van der Waals surface area contributed by atoms with Crippen LogP contribution < -0.4 is 4.74 Å². The van der Waals surface area contributed by atoms with E-state index in [2.05, 4.69) is 0 Å². The first-order valence-corrected chi connectivity index (χ1v) is 7.25. The Morgan fingerprint density at radius 1 is 1.32 bits per heavy atom. The van der Waals surface area contributed by atoms with Crippen molar-refractivity contribution < 1.29 is 23.4 Å². The molecule has 1 aliphatic rings. The molecule has 122 valence electrons. The summed E-state index contributed by atoms with van der Waals surface area (Å²) in [4.78, 5) is 12.9. The van der Waals surface area contributed by atoms with E-state index in [1.165, 1.54) is 4.90 Å². The van der Waals surface area contributed by atoms with Gasteiger partial charge in [-0.1, -0.05) is 20.8 Å². The van der Waals surface area contributed by atoms with E-state index >= 15 is 0 Å². The molecule has 1 unspecified atom stereocenters. The summed E-state index contributed by atoms with van der Waals surface area (Å²) in [5.74, 6) is -1.37. The number of carboxylic acid groups (broad SMARTS) is 1. The van der Waals surface area contributed by atoms with E-state index < -0.39 is 23.3 Å². The molecule has 1 heterocycles. The Morgan fingerprint density at radius 2 is 1.91 bits per heavy atom. The number of hydrogen-bond donors (Lipinski definition) is 1. The highest BCUT2D eigenvalue weighted by Crippen LogP contribution is 2.44. The standard InChI is InChI=1S/C16H21F2NO3/c1-15(2,3)16(5-4-6-19(16)14(20)21)10-22-13-8-11(17)7-12(18)9-13/h7-9H,4-6,10H2,1-3H3,(H,20,21). The molecule has 1 aliphatic heterocycles. The maximum Gasteiger partial charge on any atom is 0.407 e. The Hall–Kier alpha value is -1.85. The summed E-state index contributed by atoms with van der Waals surface area (Å²) in [7, 11) is 0. The number of likely N-dealkylation sites (tertiary alicyclic amines) is 1. The highest BCUT2D eigenvalue weighted by Gasteiger charge is 2.52. The van der Waals surface area contributed by atoms with Crippen LogP contribution in [-0.4, -0.2) is 34.8 Å². The normalized spacial score (nSPS) is 22.0. The van der Waals surface area contributed by atoms with E-state index in [0.29, 0.717) is 13.0 Å². The predicted molar refractivity (Wildman–Crippen MR) is 78.0 cm³/mol. The van der Waals surface area contributed by atoms with Gasteiger partial charge in [0.15, 0.2) is 0 Å². The number of carbonyl (C=O) groups is 1. The van der Waals surface area contributed by atoms with Crippen molar-refractivity contribution >= 4 is 6.09 Å². The molecule has 2 rings (SSSR count). The maximum absolute atomic E-state index is 13.2. The number of rotatable bonds is 3. The van der Waals surface area contributed by atoms with E-state index in [4.69, 9.17) is 4.74 Å². The van der Waals surface area contributed by atoms with E-state index in [-0.39, 0.29) is 17.8 Å². The van der Waals surface area contributed by atoms with Crippen molar-refractivity contribution in [3.8, 4) is 5.75 Å². The van der Waals surface area contributed by atoms with Gasteiger partial charge in [-0.25, -0.2) is 13.6 Å². The Bertz CT molecular complexity index is 551. The van der Waals surface area contributed by atoms with Gasteiger partial charge in [0.1, 0.15) is 24.0 Å². The fraction of sp³-hybridized carbons (Fsp3) is 0.562. The first-order valence-electron chi connectivity index (χ1n) is 7.25. The highest BCUT2D eigenvalue weighted by atomic mass is 19.1. The zero-order valence-corrected chi connectivity index (χ0v) is 13.0. The fourth-order valence-electron chi connectivity index (χ4n) is 3.12. The van der Waals surface area contributed by atoms with Crippen molar-refractivity contribution in [2.75, 3.05) is 13.2 Å². The first-order chi connectivity index (χ1) is 10.2. The van der Waals surface area contributed by atoms with Gasteiger partial charge >= 0.3 is 6.09 Å². The molecule has 1 N–H and O–H groups in total. The number of ether oxygens (including phenoxy) is 1. The summed E-state index contributed by atoms with van der Waals surface area (Å²) in [6.07, 6.45) is 0.395. The lowest BCUT2D eigenvalue weighted by atomic mass is 9.72. The van der Waals surface area contributed by atoms with Gasteiger partial charge in [0, 0.05) is 24.7 Å². The van der Waals surface area contributed by atoms with Crippen molar-refractivity contribution in [2.45, 2.75) is 39.2 Å². The van der Waals surface area contributed by atoms with Gasteiger partial charge in [0.25, 0.3) is 0 Å². The Labute approximate surface area is 128 Å². The van der Waals surface area contributed by atoms with Crippen molar-refractivity contribution in [1.82, 2.24) is 4.90 Å². The highest BCUT2D eigenvalue weighted by molar-refractivity contribution is 5.67. The molecule has 0 aliphatic carbocycles. The lowest BCUT2D eigenvalue weighted by Gasteiger charge is -2.46. The Kier molecular flexibility index (Phi) is 4.31. The number of amides is 1. The molecule has 6 heteroatoms. The van der Waals surface area contributed by atoms with Crippen LogP contribution in [-0.2, 0) is 0 Å². The van der Waals surface area contributed by atoms with Gasteiger partial charge in [0.2, 0.25) is 0 Å². The van der Waals surface area contributed by atoms with Crippen LogP contribution in [0.2, 0.25) is 0 Å². The van der Waals surface area contributed by atoms with Crippen LogP contribution in [0.1, 0.15) is 33.6 Å². The summed E-state index contributed by atoms with van der Waals surface area (Å²) in [5.41, 5.74) is -1.09. The molecule has 1 atom stereocenters. The Morgan fingerprint density at radius 3 is 2.41 bits per heavy atom. The average molecular weight is 313 g/mol. The number of halogens is 2. The molecule has 4 nitrogen and oxygen atoms in total. The lowest BCUT2D eigenvalue weighted by Crippen LogP contribution is -2.58. The van der Waals surface area contributed by atoms with Crippen molar-refractivity contribution in [1.29, 1.82) is 0 Å². The molecular weight excluding hydrogens is 292 g/mol. The van der Waals surface area contributed by atoms with Gasteiger partial charge in [0.05, 0.1) is 5.54 Å². The molecule has 0 aromatic heterocycles. The SMILES string of the molecule is CC(C)(C)C1(COc2cc(F)cc(F)c2)CCCN1C(=O)O. The molecule has 22 heavy (non-hydrogen) atoms. The summed E-state index contributed by atoms with van der Waals surface area (Å²) in [6, 6.07) is 2.96. The van der Waals surface area contributed by atoms with E-state index in [0.717, 1.165) is 24.6 Å². The molecular formula is C16H21F2NO3. The third-order valence-corrected chi connectivity index (χ3v) is 4.43. The van der Waals surface area contributed by atoms with Crippen LogP contribution in [0, 0.1) is 17.0 Å². The fourth-order valence-corrected chi connectivity index (χ4v) is 3.12. The second-order valence-electron chi connectivity index (χ2n) is 6.71. The van der Waals surface area contributed by atoms with Crippen LogP contribution >= 0.6 is 0 Å². The largest absolute Gasteiger partial charge is 0.491 e. The smallest absolute Gasteiger partial charge is 0.407 e. The van der Waals surface area contributed by atoms with Gasteiger partial charge in [-0.3, -0.25) is 4.90 Å². The van der Waals surface area contributed by atoms with Gasteiger partial charge < -0.3 is 9.84 Å². The third kappa shape index (κ3) is 3.00. The molecule has 1 saturated heterocycles. The molecule has 1 aromatic rings. The zero-order chi connectivity index (χ0) is 16.5. The van der Waals surface area contributed by atoms with Gasteiger partial charge in [-0.15, -0.1) is 0 Å². The molecule has 0 saturated carbocycles. The average Bonchev–Trinajstić information content (AvgIpc) is 2.80. The summed E-state index contributed by atoms with van der Waals surface area (Å²) in [6.45, 7) is 6.34. The molecule has 1 fully saturated rings. The molecule has 1 aromatic carbocycles. The molecule has 0 spiro atoms. The second-order valence-corrected chi connectivity index (χ2v) is 6.71. The molecule has 1 amide bonds. The molecule has 0 bridgehead atoms. The third-order valence-electron chi connectivity index (χ3n) is 4.43. The lowest BCUT2D eigenvalue weighted by molar-refractivity contribution is -0.00382. The topological polar surface area (TPSA) is 49.8 Å². The quantitative estimate of drug-likeness (QED) is 0.920. The van der Waals surface area contributed by atoms with E-state index in [1.54, 1.807) is 0 Å². The van der Waals surface area contributed by atoms with Crippen LogP contribution in [0.25, 0.3) is 0 Å². The maximum atomic E-state index is 13.2. The predicted octanol–water partition coefficient (Wildman–Crippen LogP) is 3.90. The van der Waals surface area contributed by atoms with Gasteiger partial charge in [-0.05, 0) is 18.3 Å². The van der Waals surface area contributed by atoms with Crippen LogP contribution in [0.3, 0.4) is 0 Å². The molecule has 0 radical (unpaired) electrons. The summed E-state index contributed by atoms with van der Waals surface area (Å²) >= 11 is 0. The first kappa shape index (κ1) is 16.5. The minimum atomic E-state index is -0.999. The summed E-state index contributed by atoms with van der Waals surface area (Å²) < 4.78 is 32.1. The second kappa shape index (κ2) is 5.74. The van der Waals surface area contributed by atoms with E-state index in [1.807, 2.05) is 20.8 Å². The minimum Gasteiger partial charge on any atom is -0.491 e. The van der Waals surface area contributed by atoms with Crippen LogP contribution in [0.15, 0.2) is 18.2 Å². The van der Waals surface area contributed by atoms with Crippen LogP contribution in [0.5, 0.6) is 5.75 Å². The Balaban J connectivity index is 2.26. The monoisotopic (exact) mass is 313 g/mol.